The van der Waals surface area contributed by atoms with Crippen LogP contribution < -0.4 is 4.90 Å². The molecule has 0 atom stereocenters. The molecule has 0 radical (unpaired) electrons. The lowest BCUT2D eigenvalue weighted by atomic mass is 10.2. The molecule has 4 heteroatoms. The number of methoxy groups -OCH3 is 1. The molecule has 1 rings (SSSR count). The molecule has 92 valence electrons. The second kappa shape index (κ2) is 7.09. The van der Waals surface area contributed by atoms with Gasteiger partial charge in [0, 0.05) is 25.8 Å². The molecule has 1 aromatic rings. The Labute approximate surface area is 107 Å². The molecule has 0 bridgehead atoms. The molecule has 0 unspecified atom stereocenters. The van der Waals surface area contributed by atoms with Crippen LogP contribution in [0, 0.1) is 0 Å². The first-order chi connectivity index (χ1) is 8.22. The molecule has 0 heterocycles. The number of nitrogens with zero attached hydrogens (tertiary/aromatic N) is 1. The zero-order valence-corrected chi connectivity index (χ0v) is 10.6. The van der Waals surface area contributed by atoms with Crippen LogP contribution >= 0.6 is 11.6 Å². The van der Waals surface area contributed by atoms with Gasteiger partial charge in [-0.1, -0.05) is 17.7 Å². The highest BCUT2D eigenvalue weighted by Gasteiger charge is 2.09. The van der Waals surface area contributed by atoms with Crippen LogP contribution in [0.1, 0.15) is 10.4 Å². The highest BCUT2D eigenvalue weighted by atomic mass is 35.5. The quantitative estimate of drug-likeness (QED) is 0.553. The van der Waals surface area contributed by atoms with Gasteiger partial charge in [-0.15, -0.1) is 6.58 Å². The molecule has 0 aliphatic carbocycles. The van der Waals surface area contributed by atoms with Gasteiger partial charge in [0.1, 0.15) is 6.29 Å². The lowest BCUT2D eigenvalue weighted by molar-refractivity contribution is 0.112. The Kier molecular flexibility index (Phi) is 5.73. The van der Waals surface area contributed by atoms with Crippen molar-refractivity contribution in [2.24, 2.45) is 0 Å². The van der Waals surface area contributed by atoms with E-state index in [1.807, 2.05) is 11.0 Å². The summed E-state index contributed by atoms with van der Waals surface area (Å²) in [7, 11) is 1.66. The molecule has 1 aromatic carbocycles. The van der Waals surface area contributed by atoms with Crippen molar-refractivity contribution in [3.63, 3.8) is 0 Å². The minimum Gasteiger partial charge on any atom is -0.383 e. The summed E-state index contributed by atoms with van der Waals surface area (Å²) in [5.41, 5.74) is 1.46. The van der Waals surface area contributed by atoms with Crippen LogP contribution in [0.25, 0.3) is 0 Å². The van der Waals surface area contributed by atoms with E-state index in [-0.39, 0.29) is 0 Å². The Morgan fingerprint density at radius 3 is 2.82 bits per heavy atom. The summed E-state index contributed by atoms with van der Waals surface area (Å²) in [5.74, 6) is 0. The van der Waals surface area contributed by atoms with Crippen molar-refractivity contribution in [2.75, 3.05) is 31.7 Å². The standard InChI is InChI=1S/C13H16ClNO2/c1-3-6-15(7-8-17-2)13-5-4-11(10-16)9-12(13)14/h3-5,9-10H,1,6-8H2,2H3. The van der Waals surface area contributed by atoms with Crippen LogP contribution in [-0.4, -0.2) is 33.1 Å². The maximum absolute atomic E-state index is 10.6. The number of hydrogen-bond acceptors (Lipinski definition) is 3. The summed E-state index contributed by atoms with van der Waals surface area (Å²) < 4.78 is 5.05. The van der Waals surface area contributed by atoms with Crippen LogP contribution in [0.5, 0.6) is 0 Å². The molecule has 0 amide bonds. The van der Waals surface area contributed by atoms with Gasteiger partial charge in [0.15, 0.2) is 0 Å². The van der Waals surface area contributed by atoms with E-state index in [0.717, 1.165) is 18.5 Å². The molecule has 0 saturated heterocycles. The third-order valence-corrected chi connectivity index (χ3v) is 2.67. The summed E-state index contributed by atoms with van der Waals surface area (Å²) in [5, 5.41) is 0.563. The summed E-state index contributed by atoms with van der Waals surface area (Å²) >= 11 is 6.14. The van der Waals surface area contributed by atoms with Crippen LogP contribution in [-0.2, 0) is 4.74 Å². The number of ether oxygens (including phenoxy) is 1. The van der Waals surface area contributed by atoms with E-state index < -0.39 is 0 Å². The normalized spacial score (nSPS) is 10.0. The fourth-order valence-electron chi connectivity index (χ4n) is 1.52. The lowest BCUT2D eigenvalue weighted by Crippen LogP contribution is -2.27. The van der Waals surface area contributed by atoms with E-state index in [0.29, 0.717) is 23.7 Å². The maximum atomic E-state index is 10.6. The highest BCUT2D eigenvalue weighted by molar-refractivity contribution is 6.33. The van der Waals surface area contributed by atoms with Crippen molar-refractivity contribution in [3.05, 3.63) is 41.4 Å². The van der Waals surface area contributed by atoms with E-state index in [9.17, 15) is 4.79 Å². The first-order valence-corrected chi connectivity index (χ1v) is 5.70. The Bertz CT molecular complexity index is 393. The largest absolute Gasteiger partial charge is 0.383 e. The Morgan fingerprint density at radius 2 is 2.29 bits per heavy atom. The second-order valence-electron chi connectivity index (χ2n) is 3.56. The maximum Gasteiger partial charge on any atom is 0.150 e. The van der Waals surface area contributed by atoms with Crippen LogP contribution in [0.4, 0.5) is 5.69 Å². The summed E-state index contributed by atoms with van der Waals surface area (Å²) in [6.07, 6.45) is 2.59. The van der Waals surface area contributed by atoms with Crippen molar-refractivity contribution < 1.29 is 9.53 Å². The minimum absolute atomic E-state index is 0.563. The Morgan fingerprint density at radius 1 is 1.53 bits per heavy atom. The Hall–Kier alpha value is -1.32. The van der Waals surface area contributed by atoms with Crippen LogP contribution in [0.3, 0.4) is 0 Å². The first kappa shape index (κ1) is 13.7. The minimum atomic E-state index is 0.563. The van der Waals surface area contributed by atoms with E-state index in [1.54, 1.807) is 25.3 Å². The average Bonchev–Trinajstić information content (AvgIpc) is 2.34. The molecule has 0 fully saturated rings. The molecule has 17 heavy (non-hydrogen) atoms. The molecule has 3 nitrogen and oxygen atoms in total. The van der Waals surface area contributed by atoms with Gasteiger partial charge in [0.05, 0.1) is 17.3 Å². The molecule has 0 saturated carbocycles. The van der Waals surface area contributed by atoms with E-state index in [1.165, 1.54) is 0 Å². The molecule has 0 N–H and O–H groups in total. The average molecular weight is 254 g/mol. The summed E-state index contributed by atoms with van der Waals surface area (Å²) in [6, 6.07) is 5.25. The third kappa shape index (κ3) is 3.88. The van der Waals surface area contributed by atoms with Gasteiger partial charge in [-0.3, -0.25) is 4.79 Å². The third-order valence-electron chi connectivity index (χ3n) is 2.36. The molecular weight excluding hydrogens is 238 g/mol. The van der Waals surface area contributed by atoms with Gasteiger partial charge in [0.2, 0.25) is 0 Å². The number of carbonyl (C=O) groups is 1. The number of rotatable bonds is 7. The SMILES string of the molecule is C=CCN(CCOC)c1ccc(C=O)cc1Cl. The second-order valence-corrected chi connectivity index (χ2v) is 3.96. The fraction of sp³-hybridized carbons (Fsp3) is 0.308. The summed E-state index contributed by atoms with van der Waals surface area (Å²) in [6.45, 7) is 5.74. The molecular formula is C13H16ClNO2. The molecule has 0 aliphatic heterocycles. The zero-order chi connectivity index (χ0) is 12.7. The van der Waals surface area contributed by atoms with E-state index >= 15 is 0 Å². The van der Waals surface area contributed by atoms with Gasteiger partial charge in [0.25, 0.3) is 0 Å². The lowest BCUT2D eigenvalue weighted by Gasteiger charge is -2.24. The van der Waals surface area contributed by atoms with Gasteiger partial charge < -0.3 is 9.64 Å². The van der Waals surface area contributed by atoms with Crippen LogP contribution in [0.15, 0.2) is 30.9 Å². The van der Waals surface area contributed by atoms with E-state index in [4.69, 9.17) is 16.3 Å². The zero-order valence-electron chi connectivity index (χ0n) is 9.86. The van der Waals surface area contributed by atoms with E-state index in [2.05, 4.69) is 6.58 Å². The predicted molar refractivity (Wildman–Crippen MR) is 71.1 cm³/mol. The number of hydrogen-bond donors (Lipinski definition) is 0. The molecule has 0 aliphatic rings. The van der Waals surface area contributed by atoms with Crippen molar-refractivity contribution in [1.29, 1.82) is 0 Å². The molecule has 0 aromatic heterocycles. The van der Waals surface area contributed by atoms with Crippen molar-refractivity contribution in [3.8, 4) is 0 Å². The predicted octanol–water partition coefficient (Wildman–Crippen LogP) is 2.79. The molecule has 0 spiro atoms. The van der Waals surface area contributed by atoms with Crippen molar-refractivity contribution in [1.82, 2.24) is 0 Å². The number of anilines is 1. The van der Waals surface area contributed by atoms with Crippen LogP contribution in [0.2, 0.25) is 5.02 Å². The number of benzene rings is 1. The van der Waals surface area contributed by atoms with Gasteiger partial charge in [-0.25, -0.2) is 0 Å². The number of carbonyl (C=O) groups excluding carboxylic acids is 1. The monoisotopic (exact) mass is 253 g/mol. The van der Waals surface area contributed by atoms with Gasteiger partial charge >= 0.3 is 0 Å². The van der Waals surface area contributed by atoms with Gasteiger partial charge in [-0.2, -0.15) is 0 Å². The van der Waals surface area contributed by atoms with Crippen molar-refractivity contribution >= 4 is 23.6 Å². The first-order valence-electron chi connectivity index (χ1n) is 5.32. The van der Waals surface area contributed by atoms with Crippen molar-refractivity contribution in [2.45, 2.75) is 0 Å². The fourth-order valence-corrected chi connectivity index (χ4v) is 1.83. The smallest absolute Gasteiger partial charge is 0.150 e. The topological polar surface area (TPSA) is 29.5 Å². The number of aldehydes is 1. The van der Waals surface area contributed by atoms with Gasteiger partial charge in [-0.05, 0) is 18.2 Å². The number of halogens is 1. The Balaban J connectivity index is 2.92. The highest BCUT2D eigenvalue weighted by Crippen LogP contribution is 2.26. The summed E-state index contributed by atoms with van der Waals surface area (Å²) in [4.78, 5) is 12.7.